The van der Waals surface area contributed by atoms with Gasteiger partial charge in [0, 0.05) is 23.7 Å². The molecule has 2 aromatic carbocycles. The monoisotopic (exact) mass is 451 g/mol. The van der Waals surface area contributed by atoms with Gasteiger partial charge in [-0.05, 0) is 69.0 Å². The summed E-state index contributed by atoms with van der Waals surface area (Å²) in [6.07, 6.45) is 3.11. The number of benzene rings is 2. The van der Waals surface area contributed by atoms with Gasteiger partial charge in [-0.1, -0.05) is 12.1 Å². The fourth-order valence-electron chi connectivity index (χ4n) is 5.10. The lowest BCUT2D eigenvalue weighted by Crippen LogP contribution is -2.35. The van der Waals surface area contributed by atoms with E-state index in [0.29, 0.717) is 0 Å². The van der Waals surface area contributed by atoms with E-state index < -0.39 is 0 Å². The maximum atomic E-state index is 12.9. The number of anilines is 1. The van der Waals surface area contributed by atoms with Crippen LogP contribution in [0.25, 0.3) is 10.2 Å². The average Bonchev–Trinajstić information content (AvgIpc) is 3.37. The lowest BCUT2D eigenvalue weighted by molar-refractivity contribution is -0.118. The second kappa shape index (κ2) is 8.37. The van der Waals surface area contributed by atoms with Gasteiger partial charge in [0.25, 0.3) is 0 Å². The molecule has 2 fully saturated rings. The van der Waals surface area contributed by atoms with Crippen molar-refractivity contribution in [1.82, 2.24) is 9.88 Å². The van der Waals surface area contributed by atoms with Crippen molar-refractivity contribution in [3.8, 4) is 11.5 Å². The predicted molar refractivity (Wildman–Crippen MR) is 128 cm³/mol. The zero-order valence-corrected chi connectivity index (χ0v) is 19.6. The van der Waals surface area contributed by atoms with E-state index in [1.165, 1.54) is 0 Å². The molecular formula is C25H29N3O3S. The first-order valence-corrected chi connectivity index (χ1v) is 11.9. The molecule has 0 radical (unpaired) electrons. The number of hydrogen-bond donors (Lipinski definition) is 1. The number of likely N-dealkylation sites (tertiary alicyclic amines) is 1. The van der Waals surface area contributed by atoms with Crippen LogP contribution in [0.5, 0.6) is 11.5 Å². The summed E-state index contributed by atoms with van der Waals surface area (Å²) in [7, 11) is 3.36. The number of carbonyl (C=O) groups excluding carboxylic acids is 1. The van der Waals surface area contributed by atoms with Crippen LogP contribution >= 0.6 is 11.3 Å². The van der Waals surface area contributed by atoms with E-state index in [2.05, 4.69) is 21.3 Å². The Morgan fingerprint density at radius 3 is 2.78 bits per heavy atom. The standard InChI is InChI=1S/C25H29N3O3S/c1-16-26-20-13-18(7-8-22(20)32-16)27-24(29)19-14-25(19)9-11-28(12-10-25)15-17-5-4-6-21(30-2)23(17)31-3/h4-8,13,19H,9-12,14-15H2,1-3H3,(H,27,29)/t19-/m0/s1. The summed E-state index contributed by atoms with van der Waals surface area (Å²) in [5.41, 5.74) is 3.11. The second-order valence-corrected chi connectivity index (χ2v) is 10.2. The van der Waals surface area contributed by atoms with Crippen LogP contribution in [-0.2, 0) is 11.3 Å². The zero-order valence-electron chi connectivity index (χ0n) is 18.8. The number of nitrogens with one attached hydrogen (secondary N) is 1. The van der Waals surface area contributed by atoms with Crippen LogP contribution in [0.4, 0.5) is 5.69 Å². The average molecular weight is 452 g/mol. The summed E-state index contributed by atoms with van der Waals surface area (Å²) >= 11 is 1.68. The van der Waals surface area contributed by atoms with Crippen molar-refractivity contribution < 1.29 is 14.3 Å². The minimum absolute atomic E-state index is 0.115. The Morgan fingerprint density at radius 1 is 1.22 bits per heavy atom. The van der Waals surface area contributed by atoms with E-state index in [0.717, 1.165) is 76.9 Å². The third-order valence-electron chi connectivity index (χ3n) is 7.00. The van der Waals surface area contributed by atoms with Gasteiger partial charge in [-0.3, -0.25) is 9.69 Å². The first-order chi connectivity index (χ1) is 15.5. The fraction of sp³-hybridized carbons (Fsp3) is 0.440. The summed E-state index contributed by atoms with van der Waals surface area (Å²) in [6, 6.07) is 12.0. The Balaban J connectivity index is 1.18. The Labute approximate surface area is 192 Å². The molecule has 168 valence electrons. The number of hydrogen-bond acceptors (Lipinski definition) is 6. The minimum Gasteiger partial charge on any atom is -0.493 e. The van der Waals surface area contributed by atoms with Gasteiger partial charge in [0.05, 0.1) is 29.4 Å². The van der Waals surface area contributed by atoms with Gasteiger partial charge in [0.2, 0.25) is 5.91 Å². The van der Waals surface area contributed by atoms with Crippen molar-refractivity contribution in [2.24, 2.45) is 11.3 Å². The number of ether oxygens (including phenoxy) is 2. The molecular weight excluding hydrogens is 422 g/mol. The normalized spacial score (nSPS) is 19.8. The maximum absolute atomic E-state index is 12.9. The minimum atomic E-state index is 0.115. The lowest BCUT2D eigenvalue weighted by atomic mass is 9.90. The first kappa shape index (κ1) is 21.2. The number of para-hydroxylation sites is 1. The third-order valence-corrected chi connectivity index (χ3v) is 7.95. The molecule has 32 heavy (non-hydrogen) atoms. The molecule has 2 aliphatic rings. The Hall–Kier alpha value is -2.64. The summed E-state index contributed by atoms with van der Waals surface area (Å²) in [5, 5.41) is 4.18. The number of carbonyl (C=O) groups is 1. The molecule has 1 aromatic heterocycles. The van der Waals surface area contributed by atoms with Gasteiger partial charge in [0.1, 0.15) is 0 Å². The molecule has 5 rings (SSSR count). The van der Waals surface area contributed by atoms with E-state index in [1.54, 1.807) is 25.6 Å². The molecule has 1 atom stereocenters. The van der Waals surface area contributed by atoms with Gasteiger partial charge in [-0.15, -0.1) is 11.3 Å². The maximum Gasteiger partial charge on any atom is 0.228 e. The van der Waals surface area contributed by atoms with Gasteiger partial charge in [0.15, 0.2) is 11.5 Å². The van der Waals surface area contributed by atoms with Crippen molar-refractivity contribution in [3.05, 3.63) is 47.0 Å². The van der Waals surface area contributed by atoms with E-state index >= 15 is 0 Å². The van der Waals surface area contributed by atoms with E-state index in [9.17, 15) is 4.79 Å². The largest absolute Gasteiger partial charge is 0.493 e. The Bertz CT molecular complexity index is 1150. The number of methoxy groups -OCH3 is 2. The number of thiazole rings is 1. The molecule has 7 heteroatoms. The first-order valence-electron chi connectivity index (χ1n) is 11.1. The number of aromatic nitrogens is 1. The van der Waals surface area contributed by atoms with Crippen LogP contribution in [0.15, 0.2) is 36.4 Å². The summed E-state index contributed by atoms with van der Waals surface area (Å²) < 4.78 is 12.2. The van der Waals surface area contributed by atoms with Gasteiger partial charge >= 0.3 is 0 Å². The van der Waals surface area contributed by atoms with Crippen LogP contribution in [-0.4, -0.2) is 43.1 Å². The highest BCUT2D eigenvalue weighted by Crippen LogP contribution is 2.59. The number of fused-ring (bicyclic) bond motifs is 1. The molecule has 1 saturated heterocycles. The second-order valence-electron chi connectivity index (χ2n) is 8.95. The molecule has 1 aliphatic carbocycles. The number of rotatable bonds is 6. The van der Waals surface area contributed by atoms with Crippen molar-refractivity contribution >= 4 is 33.1 Å². The quantitative estimate of drug-likeness (QED) is 0.580. The number of amides is 1. The van der Waals surface area contributed by atoms with Crippen molar-refractivity contribution in [1.29, 1.82) is 0 Å². The molecule has 0 bridgehead atoms. The van der Waals surface area contributed by atoms with Crippen LogP contribution in [0.2, 0.25) is 0 Å². The smallest absolute Gasteiger partial charge is 0.228 e. The summed E-state index contributed by atoms with van der Waals surface area (Å²) in [5.74, 6) is 1.85. The highest BCUT2D eigenvalue weighted by atomic mass is 32.1. The van der Waals surface area contributed by atoms with Crippen molar-refractivity contribution in [3.63, 3.8) is 0 Å². The molecule has 1 saturated carbocycles. The Kier molecular flexibility index (Phi) is 5.55. The highest BCUT2D eigenvalue weighted by Gasteiger charge is 2.58. The number of aryl methyl sites for hydroxylation is 1. The SMILES string of the molecule is COc1cccc(CN2CCC3(CC2)C[C@H]3C(=O)Nc2ccc3sc(C)nc3c2)c1OC. The molecule has 0 unspecified atom stereocenters. The van der Waals surface area contributed by atoms with Crippen molar-refractivity contribution in [2.75, 3.05) is 32.6 Å². The van der Waals surface area contributed by atoms with Crippen LogP contribution in [0, 0.1) is 18.3 Å². The van der Waals surface area contributed by atoms with Crippen LogP contribution in [0.3, 0.4) is 0 Å². The fourth-order valence-corrected chi connectivity index (χ4v) is 5.90. The van der Waals surface area contributed by atoms with Crippen LogP contribution < -0.4 is 14.8 Å². The molecule has 1 spiro atoms. The van der Waals surface area contributed by atoms with E-state index in [4.69, 9.17) is 9.47 Å². The molecule has 3 aromatic rings. The zero-order chi connectivity index (χ0) is 22.3. The molecule has 2 heterocycles. The molecule has 1 amide bonds. The molecule has 6 nitrogen and oxygen atoms in total. The third kappa shape index (κ3) is 3.95. The van der Waals surface area contributed by atoms with Crippen LogP contribution in [0.1, 0.15) is 29.8 Å². The number of nitrogens with zero attached hydrogens (tertiary/aromatic N) is 2. The summed E-state index contributed by atoms with van der Waals surface area (Å²) in [4.78, 5) is 19.9. The number of piperidine rings is 1. The van der Waals surface area contributed by atoms with Gasteiger partial charge in [-0.25, -0.2) is 4.98 Å². The lowest BCUT2D eigenvalue weighted by Gasteiger charge is -2.33. The predicted octanol–water partition coefficient (Wildman–Crippen LogP) is 4.86. The van der Waals surface area contributed by atoms with E-state index in [-0.39, 0.29) is 17.2 Å². The van der Waals surface area contributed by atoms with Crippen molar-refractivity contribution in [2.45, 2.75) is 32.7 Å². The van der Waals surface area contributed by atoms with Gasteiger partial charge < -0.3 is 14.8 Å². The Morgan fingerprint density at radius 2 is 2.03 bits per heavy atom. The molecule has 1 aliphatic heterocycles. The highest BCUT2D eigenvalue weighted by molar-refractivity contribution is 7.18. The van der Waals surface area contributed by atoms with E-state index in [1.807, 2.05) is 37.3 Å². The topological polar surface area (TPSA) is 63.7 Å². The van der Waals surface area contributed by atoms with Gasteiger partial charge in [-0.2, -0.15) is 0 Å². The summed E-state index contributed by atoms with van der Waals surface area (Å²) in [6.45, 7) is 4.83. The molecule has 1 N–H and O–H groups in total.